The summed E-state index contributed by atoms with van der Waals surface area (Å²) in [5, 5.41) is 3.06. The minimum Gasteiger partial charge on any atom is -0.369 e. The smallest absolute Gasteiger partial charge is 0.231 e. The molecule has 2 heterocycles. The molecule has 5 heteroatoms. The number of amides is 1. The van der Waals surface area contributed by atoms with E-state index in [1.165, 1.54) is 15.3 Å². The minimum atomic E-state index is -0.263. The fraction of sp³-hybridized carbons (Fsp3) is 0.267. The Bertz CT molecular complexity index is 653. The lowest BCUT2D eigenvalue weighted by molar-refractivity contribution is -0.119. The number of benzene rings is 1. The Morgan fingerprint density at radius 2 is 2.15 bits per heavy atom. The standard InChI is InChI=1S/C15H15ClN2OS/c16-12-3-1-2-4-14(12)20-8-6-11-9-18(10-15(17)19)7-5-13(11)20/h1-4,6,8H,5,7,9-10H2,(H-,17,19)/p+1. The van der Waals surface area contributed by atoms with Crippen molar-refractivity contribution in [2.45, 2.75) is 13.0 Å². The van der Waals surface area contributed by atoms with Gasteiger partial charge in [0.25, 0.3) is 0 Å². The second-order valence-electron chi connectivity index (χ2n) is 4.95. The molecule has 1 aromatic carbocycles. The van der Waals surface area contributed by atoms with Crippen LogP contribution < -0.4 is 5.73 Å². The van der Waals surface area contributed by atoms with Gasteiger partial charge in [0, 0.05) is 41.6 Å². The van der Waals surface area contributed by atoms with E-state index in [2.05, 4.69) is 22.4 Å². The van der Waals surface area contributed by atoms with Gasteiger partial charge in [0.15, 0.2) is 9.77 Å². The number of halogens is 1. The van der Waals surface area contributed by atoms with Gasteiger partial charge in [-0.2, -0.15) is 0 Å². The third kappa shape index (κ3) is 2.59. The Balaban J connectivity index is 1.90. The third-order valence-electron chi connectivity index (χ3n) is 3.53. The SMILES string of the molecule is NC(=O)CN1CCc2c(cc[s+]2-c2ccccc2Cl)C1. The summed E-state index contributed by atoms with van der Waals surface area (Å²) in [5.41, 5.74) is 6.59. The Morgan fingerprint density at radius 1 is 1.35 bits per heavy atom. The molecule has 1 atom stereocenters. The summed E-state index contributed by atoms with van der Waals surface area (Å²) in [4.78, 5) is 15.8. The van der Waals surface area contributed by atoms with Gasteiger partial charge in [0.05, 0.1) is 6.54 Å². The molecule has 0 bridgehead atoms. The average molecular weight is 308 g/mol. The fourth-order valence-electron chi connectivity index (χ4n) is 2.64. The summed E-state index contributed by atoms with van der Waals surface area (Å²) in [6.45, 7) is 2.03. The van der Waals surface area contributed by atoms with Crippen molar-refractivity contribution in [3.8, 4) is 4.90 Å². The highest BCUT2D eigenvalue weighted by Gasteiger charge is 2.29. The van der Waals surface area contributed by atoms with Crippen molar-refractivity contribution >= 4 is 28.0 Å². The predicted molar refractivity (Wildman–Crippen MR) is 83.4 cm³/mol. The van der Waals surface area contributed by atoms with Gasteiger partial charge in [-0.05, 0) is 12.1 Å². The predicted octanol–water partition coefficient (Wildman–Crippen LogP) is 2.92. The lowest BCUT2D eigenvalue weighted by Crippen LogP contribution is -2.37. The van der Waals surface area contributed by atoms with E-state index in [0.717, 1.165) is 24.5 Å². The summed E-state index contributed by atoms with van der Waals surface area (Å²) in [7, 11) is -0.0221. The summed E-state index contributed by atoms with van der Waals surface area (Å²) in [5.74, 6) is -0.263. The van der Waals surface area contributed by atoms with E-state index >= 15 is 0 Å². The molecule has 3 rings (SSSR count). The monoisotopic (exact) mass is 307 g/mol. The quantitative estimate of drug-likeness (QED) is 0.886. The third-order valence-corrected chi connectivity index (χ3v) is 6.21. The molecule has 0 saturated carbocycles. The second-order valence-corrected chi connectivity index (χ2v) is 7.23. The lowest BCUT2D eigenvalue weighted by Gasteiger charge is -2.23. The van der Waals surface area contributed by atoms with Gasteiger partial charge in [0.1, 0.15) is 10.4 Å². The van der Waals surface area contributed by atoms with Gasteiger partial charge >= 0.3 is 0 Å². The molecule has 0 spiro atoms. The molecular weight excluding hydrogens is 292 g/mol. The van der Waals surface area contributed by atoms with Crippen molar-refractivity contribution in [3.05, 3.63) is 51.2 Å². The van der Waals surface area contributed by atoms with Gasteiger partial charge in [-0.25, -0.2) is 0 Å². The Kier molecular flexibility index (Phi) is 3.78. The first kappa shape index (κ1) is 13.6. The number of primary amides is 1. The van der Waals surface area contributed by atoms with Crippen molar-refractivity contribution < 1.29 is 4.79 Å². The zero-order chi connectivity index (χ0) is 14.1. The van der Waals surface area contributed by atoms with Gasteiger partial charge in [-0.15, -0.1) is 0 Å². The van der Waals surface area contributed by atoms with Gasteiger partial charge in [0.2, 0.25) is 5.91 Å². The maximum Gasteiger partial charge on any atom is 0.231 e. The molecule has 1 aromatic heterocycles. The molecule has 1 aliphatic rings. The first-order chi connectivity index (χ1) is 9.65. The Morgan fingerprint density at radius 3 is 2.90 bits per heavy atom. The van der Waals surface area contributed by atoms with Crippen LogP contribution in [0.1, 0.15) is 10.4 Å². The second kappa shape index (κ2) is 5.56. The number of carbonyl (C=O) groups is 1. The van der Waals surface area contributed by atoms with Crippen LogP contribution in [0, 0.1) is 0 Å². The van der Waals surface area contributed by atoms with E-state index in [4.69, 9.17) is 17.3 Å². The summed E-state index contributed by atoms with van der Waals surface area (Å²) < 4.78 is 0. The molecule has 3 nitrogen and oxygen atoms in total. The summed E-state index contributed by atoms with van der Waals surface area (Å²) >= 11 is 6.31. The van der Waals surface area contributed by atoms with Crippen LogP contribution in [-0.4, -0.2) is 23.9 Å². The molecule has 0 fully saturated rings. The molecule has 0 radical (unpaired) electrons. The highest BCUT2D eigenvalue weighted by atomic mass is 35.5. The van der Waals surface area contributed by atoms with E-state index in [1.54, 1.807) is 0 Å². The van der Waals surface area contributed by atoms with E-state index in [9.17, 15) is 4.79 Å². The van der Waals surface area contributed by atoms with Crippen LogP contribution in [0.25, 0.3) is 4.90 Å². The van der Waals surface area contributed by atoms with Crippen molar-refractivity contribution in [2.75, 3.05) is 13.1 Å². The number of rotatable bonds is 3. The van der Waals surface area contributed by atoms with Crippen molar-refractivity contribution in [3.63, 3.8) is 0 Å². The molecule has 1 unspecified atom stereocenters. The highest BCUT2D eigenvalue weighted by Crippen LogP contribution is 2.43. The van der Waals surface area contributed by atoms with Crippen LogP contribution in [-0.2, 0) is 17.8 Å². The number of carbonyl (C=O) groups excluding carboxylic acids is 1. The van der Waals surface area contributed by atoms with E-state index < -0.39 is 0 Å². The molecule has 1 amide bonds. The van der Waals surface area contributed by atoms with Crippen LogP contribution in [0.3, 0.4) is 0 Å². The Labute approximate surface area is 125 Å². The topological polar surface area (TPSA) is 46.3 Å². The van der Waals surface area contributed by atoms with Crippen LogP contribution in [0.5, 0.6) is 0 Å². The van der Waals surface area contributed by atoms with Crippen LogP contribution >= 0.6 is 22.1 Å². The minimum absolute atomic E-state index is 0.0221. The van der Waals surface area contributed by atoms with E-state index in [-0.39, 0.29) is 16.4 Å². The van der Waals surface area contributed by atoms with E-state index in [1.807, 2.05) is 18.2 Å². The molecule has 20 heavy (non-hydrogen) atoms. The highest BCUT2D eigenvalue weighted by molar-refractivity contribution is 7.39. The molecule has 0 aliphatic carbocycles. The zero-order valence-corrected chi connectivity index (χ0v) is 12.6. The zero-order valence-electron chi connectivity index (χ0n) is 11.0. The number of nitrogens with two attached hydrogens (primary N) is 1. The van der Waals surface area contributed by atoms with Crippen LogP contribution in [0.15, 0.2) is 35.7 Å². The molecule has 1 aliphatic heterocycles. The van der Waals surface area contributed by atoms with Crippen LogP contribution in [0.2, 0.25) is 5.02 Å². The maximum atomic E-state index is 11.0. The molecule has 0 saturated heterocycles. The van der Waals surface area contributed by atoms with E-state index in [0.29, 0.717) is 6.54 Å². The summed E-state index contributed by atoms with van der Waals surface area (Å²) in [6, 6.07) is 10.2. The number of thiophene rings is 1. The van der Waals surface area contributed by atoms with Gasteiger partial charge in [-0.3, -0.25) is 9.69 Å². The average Bonchev–Trinajstić information content (AvgIpc) is 2.81. The maximum absolute atomic E-state index is 11.0. The first-order valence-electron chi connectivity index (χ1n) is 6.53. The number of fused-ring (bicyclic) bond motifs is 1. The Hall–Kier alpha value is -1.36. The lowest BCUT2D eigenvalue weighted by atomic mass is 10.1. The van der Waals surface area contributed by atoms with Crippen molar-refractivity contribution in [1.82, 2.24) is 4.90 Å². The van der Waals surface area contributed by atoms with Crippen LogP contribution in [0.4, 0.5) is 0 Å². The number of nitrogens with zero attached hydrogens (tertiary/aromatic N) is 1. The van der Waals surface area contributed by atoms with Gasteiger partial charge in [-0.1, -0.05) is 23.7 Å². The number of hydrogen-bond acceptors (Lipinski definition) is 2. The molecule has 2 N–H and O–H groups in total. The van der Waals surface area contributed by atoms with Crippen molar-refractivity contribution in [1.29, 1.82) is 0 Å². The fourth-order valence-corrected chi connectivity index (χ4v) is 5.13. The molecule has 2 aromatic rings. The number of hydrogen-bond donors (Lipinski definition) is 1. The largest absolute Gasteiger partial charge is 0.369 e. The first-order valence-corrected chi connectivity index (χ1v) is 8.20. The molecule has 104 valence electrons. The molecular formula is C15H16ClN2OS+. The van der Waals surface area contributed by atoms with Gasteiger partial charge < -0.3 is 5.73 Å². The normalized spacial score (nSPS) is 15.9. The van der Waals surface area contributed by atoms with Crippen molar-refractivity contribution in [2.24, 2.45) is 5.73 Å². The summed E-state index contributed by atoms with van der Waals surface area (Å²) in [6.07, 6.45) is 0.976.